The second-order valence-electron chi connectivity index (χ2n) is 6.54. The van der Waals surface area contributed by atoms with E-state index in [2.05, 4.69) is 12.1 Å². The number of benzene rings is 1. The van der Waals surface area contributed by atoms with Gasteiger partial charge in [-0.3, -0.25) is 4.90 Å². The number of ether oxygens (including phenoxy) is 2. The van der Waals surface area contributed by atoms with Crippen molar-refractivity contribution in [3.63, 3.8) is 0 Å². The number of carbonyl (C=O) groups excluding carboxylic acids is 1. The fraction of sp³-hybridized carbons (Fsp3) is 0.588. The highest BCUT2D eigenvalue weighted by Gasteiger charge is 2.35. The number of rotatable bonds is 2. The SMILES string of the molecule is C[C@H]1CCO[C@@H](Cc2ccccc2)N1C(=O)OC(C)(C)C. The molecule has 0 radical (unpaired) electrons. The van der Waals surface area contributed by atoms with E-state index in [4.69, 9.17) is 9.47 Å². The van der Waals surface area contributed by atoms with E-state index >= 15 is 0 Å². The minimum Gasteiger partial charge on any atom is -0.444 e. The Morgan fingerprint density at radius 1 is 1.33 bits per heavy atom. The Morgan fingerprint density at radius 3 is 2.62 bits per heavy atom. The number of hydrogen-bond acceptors (Lipinski definition) is 3. The largest absolute Gasteiger partial charge is 0.444 e. The maximum absolute atomic E-state index is 12.4. The molecule has 1 saturated heterocycles. The number of nitrogens with zero attached hydrogens (tertiary/aromatic N) is 1. The second kappa shape index (κ2) is 6.48. The van der Waals surface area contributed by atoms with E-state index in [1.807, 2.05) is 45.9 Å². The molecular formula is C17H25NO3. The molecule has 0 bridgehead atoms. The van der Waals surface area contributed by atoms with Crippen LogP contribution in [0.2, 0.25) is 0 Å². The van der Waals surface area contributed by atoms with Gasteiger partial charge in [-0.25, -0.2) is 4.79 Å². The zero-order valence-electron chi connectivity index (χ0n) is 13.3. The lowest BCUT2D eigenvalue weighted by atomic mass is 10.1. The van der Waals surface area contributed by atoms with E-state index in [0.29, 0.717) is 13.0 Å². The van der Waals surface area contributed by atoms with Crippen LogP contribution >= 0.6 is 0 Å². The van der Waals surface area contributed by atoms with Crippen molar-refractivity contribution in [1.29, 1.82) is 0 Å². The van der Waals surface area contributed by atoms with Gasteiger partial charge >= 0.3 is 6.09 Å². The van der Waals surface area contributed by atoms with Gasteiger partial charge in [0.2, 0.25) is 0 Å². The smallest absolute Gasteiger partial charge is 0.412 e. The maximum Gasteiger partial charge on any atom is 0.412 e. The average molecular weight is 291 g/mol. The van der Waals surface area contributed by atoms with Crippen molar-refractivity contribution >= 4 is 6.09 Å². The van der Waals surface area contributed by atoms with E-state index < -0.39 is 5.60 Å². The molecule has 2 rings (SSSR count). The molecule has 0 saturated carbocycles. The predicted molar refractivity (Wildman–Crippen MR) is 82.0 cm³/mol. The normalized spacial score (nSPS) is 23.0. The van der Waals surface area contributed by atoms with Crippen LogP contribution in [-0.4, -0.2) is 35.5 Å². The van der Waals surface area contributed by atoms with Crippen molar-refractivity contribution in [3.8, 4) is 0 Å². The zero-order chi connectivity index (χ0) is 15.5. The molecule has 4 nitrogen and oxygen atoms in total. The monoisotopic (exact) mass is 291 g/mol. The van der Waals surface area contributed by atoms with Crippen LogP contribution in [0.3, 0.4) is 0 Å². The quantitative estimate of drug-likeness (QED) is 0.835. The Bertz CT molecular complexity index is 467. The maximum atomic E-state index is 12.4. The minimum absolute atomic E-state index is 0.127. The minimum atomic E-state index is -0.494. The lowest BCUT2D eigenvalue weighted by Crippen LogP contribution is -2.53. The summed E-state index contributed by atoms with van der Waals surface area (Å²) < 4.78 is 11.3. The van der Waals surface area contributed by atoms with Gasteiger partial charge in [-0.05, 0) is 39.7 Å². The summed E-state index contributed by atoms with van der Waals surface area (Å²) in [6.45, 7) is 8.37. The van der Waals surface area contributed by atoms with Gasteiger partial charge in [-0.1, -0.05) is 30.3 Å². The fourth-order valence-electron chi connectivity index (χ4n) is 2.46. The van der Waals surface area contributed by atoms with Gasteiger partial charge < -0.3 is 9.47 Å². The van der Waals surface area contributed by atoms with Crippen LogP contribution in [0.1, 0.15) is 39.7 Å². The highest BCUT2D eigenvalue weighted by Crippen LogP contribution is 2.23. The molecule has 21 heavy (non-hydrogen) atoms. The molecule has 0 aliphatic carbocycles. The molecule has 1 aromatic carbocycles. The molecule has 1 aromatic rings. The van der Waals surface area contributed by atoms with E-state index in [1.165, 1.54) is 0 Å². The summed E-state index contributed by atoms with van der Waals surface area (Å²) in [6, 6.07) is 10.2. The predicted octanol–water partition coefficient (Wildman–Crippen LogP) is 3.60. The van der Waals surface area contributed by atoms with E-state index in [0.717, 1.165) is 12.0 Å². The third-order valence-electron chi connectivity index (χ3n) is 3.49. The zero-order valence-corrected chi connectivity index (χ0v) is 13.3. The van der Waals surface area contributed by atoms with Crippen molar-refractivity contribution in [2.24, 2.45) is 0 Å². The molecule has 1 fully saturated rings. The summed E-state index contributed by atoms with van der Waals surface area (Å²) >= 11 is 0. The molecule has 2 atom stereocenters. The first kappa shape index (κ1) is 15.8. The molecular weight excluding hydrogens is 266 g/mol. The molecule has 116 valence electrons. The van der Waals surface area contributed by atoms with Gasteiger partial charge in [-0.2, -0.15) is 0 Å². The molecule has 0 N–H and O–H groups in total. The first-order chi connectivity index (χ1) is 9.87. The third kappa shape index (κ3) is 4.46. The van der Waals surface area contributed by atoms with Crippen molar-refractivity contribution in [1.82, 2.24) is 4.90 Å². The Hall–Kier alpha value is -1.55. The number of carbonyl (C=O) groups is 1. The van der Waals surface area contributed by atoms with E-state index in [-0.39, 0.29) is 18.4 Å². The summed E-state index contributed by atoms with van der Waals surface area (Å²) in [7, 11) is 0. The van der Waals surface area contributed by atoms with Gasteiger partial charge in [-0.15, -0.1) is 0 Å². The first-order valence-electron chi connectivity index (χ1n) is 7.53. The summed E-state index contributed by atoms with van der Waals surface area (Å²) in [4.78, 5) is 14.2. The lowest BCUT2D eigenvalue weighted by molar-refractivity contribution is -0.114. The molecule has 1 amide bonds. The standard InChI is InChI=1S/C17H25NO3/c1-13-10-11-20-15(12-14-8-6-5-7-9-14)18(13)16(19)21-17(2,3)4/h5-9,13,15H,10-12H2,1-4H3/t13-,15-/m0/s1. The Labute approximate surface area is 127 Å². The van der Waals surface area contributed by atoms with E-state index in [1.54, 1.807) is 4.90 Å². The van der Waals surface area contributed by atoms with Crippen LogP contribution in [0, 0.1) is 0 Å². The Morgan fingerprint density at radius 2 is 2.00 bits per heavy atom. The molecule has 1 aliphatic rings. The summed E-state index contributed by atoms with van der Waals surface area (Å²) in [5, 5.41) is 0. The van der Waals surface area contributed by atoms with Crippen LogP contribution < -0.4 is 0 Å². The van der Waals surface area contributed by atoms with Gasteiger partial charge in [0.05, 0.1) is 6.61 Å². The van der Waals surface area contributed by atoms with Crippen molar-refractivity contribution in [3.05, 3.63) is 35.9 Å². The van der Waals surface area contributed by atoms with Crippen molar-refractivity contribution in [2.45, 2.75) is 58.4 Å². The van der Waals surface area contributed by atoms with Crippen LogP contribution in [0.25, 0.3) is 0 Å². The second-order valence-corrected chi connectivity index (χ2v) is 6.54. The number of hydrogen-bond donors (Lipinski definition) is 0. The lowest BCUT2D eigenvalue weighted by Gasteiger charge is -2.40. The number of amides is 1. The molecule has 0 aromatic heterocycles. The summed E-state index contributed by atoms with van der Waals surface area (Å²) in [5.41, 5.74) is 0.663. The first-order valence-corrected chi connectivity index (χ1v) is 7.53. The average Bonchev–Trinajstić information content (AvgIpc) is 2.37. The molecule has 4 heteroatoms. The fourth-order valence-corrected chi connectivity index (χ4v) is 2.46. The molecule has 0 unspecified atom stereocenters. The van der Waals surface area contributed by atoms with Crippen LogP contribution in [-0.2, 0) is 15.9 Å². The van der Waals surface area contributed by atoms with Gasteiger partial charge in [0.25, 0.3) is 0 Å². The van der Waals surface area contributed by atoms with Crippen LogP contribution in [0.15, 0.2) is 30.3 Å². The van der Waals surface area contributed by atoms with Gasteiger partial charge in [0, 0.05) is 12.5 Å². The summed E-state index contributed by atoms with van der Waals surface area (Å²) in [6.07, 6.45) is 0.969. The highest BCUT2D eigenvalue weighted by atomic mass is 16.6. The van der Waals surface area contributed by atoms with Crippen molar-refractivity contribution in [2.75, 3.05) is 6.61 Å². The van der Waals surface area contributed by atoms with Gasteiger partial charge in [0.15, 0.2) is 0 Å². The highest BCUT2D eigenvalue weighted by molar-refractivity contribution is 5.69. The van der Waals surface area contributed by atoms with Crippen LogP contribution in [0.5, 0.6) is 0 Å². The Balaban J connectivity index is 2.11. The van der Waals surface area contributed by atoms with Crippen LogP contribution in [0.4, 0.5) is 4.79 Å². The molecule has 1 aliphatic heterocycles. The van der Waals surface area contributed by atoms with Crippen molar-refractivity contribution < 1.29 is 14.3 Å². The van der Waals surface area contributed by atoms with Gasteiger partial charge in [0.1, 0.15) is 11.8 Å². The third-order valence-corrected chi connectivity index (χ3v) is 3.49. The van der Waals surface area contributed by atoms with E-state index in [9.17, 15) is 4.79 Å². The molecule has 0 spiro atoms. The Kier molecular flexibility index (Phi) is 4.88. The topological polar surface area (TPSA) is 38.8 Å². The summed E-state index contributed by atoms with van der Waals surface area (Å²) in [5.74, 6) is 0. The molecule has 1 heterocycles.